The average molecular weight is 1250 g/mol. The monoisotopic (exact) mass is 1250 g/mol. The van der Waals surface area contributed by atoms with Crippen molar-refractivity contribution in [2.75, 3.05) is 0 Å². The predicted molar refractivity (Wildman–Crippen MR) is 409 cm³/mol. The fraction of sp³-hybridized carbons (Fsp3) is 0.567. The van der Waals surface area contributed by atoms with Crippen LogP contribution in [0, 0.1) is 0 Å². The molecule has 0 bridgehead atoms. The van der Waals surface area contributed by atoms with Crippen molar-refractivity contribution >= 4 is 114 Å². The van der Waals surface area contributed by atoms with Crippen LogP contribution in [0.3, 0.4) is 0 Å². The van der Waals surface area contributed by atoms with E-state index in [1.807, 2.05) is 0 Å². The smallest absolute Gasteiger partial charge is 0.163 e. The number of benzene rings is 7. The second-order valence-electron chi connectivity index (χ2n) is 29.3. The summed E-state index contributed by atoms with van der Waals surface area (Å²) in [6.45, 7) is 6.88. The van der Waals surface area contributed by atoms with Crippen molar-refractivity contribution in [1.29, 1.82) is 0 Å². The van der Waals surface area contributed by atoms with Gasteiger partial charge in [0.05, 0.1) is 0 Å². The zero-order chi connectivity index (χ0) is 64.4. The number of Topliss-reactive ketones (excluding diaryl/α,β-unsaturated/α-hetero) is 3. The van der Waals surface area contributed by atoms with Crippen molar-refractivity contribution in [3.63, 3.8) is 0 Å². The molecule has 0 spiro atoms. The third-order valence-electron chi connectivity index (χ3n) is 22.2. The molecule has 3 nitrogen and oxygen atoms in total. The first-order valence-corrected chi connectivity index (χ1v) is 39.5. The Labute approximate surface area is 562 Å². The third-order valence-corrected chi connectivity index (χ3v) is 22.2. The normalized spacial score (nSPS) is 12.3. The van der Waals surface area contributed by atoms with Crippen LogP contribution < -0.4 is 0 Å². The van der Waals surface area contributed by atoms with Gasteiger partial charge in [-0.3, -0.25) is 14.4 Å². The maximum atomic E-state index is 14.6. The van der Waals surface area contributed by atoms with Crippen LogP contribution in [-0.2, 0) is 0 Å². The second kappa shape index (κ2) is 37.6. The summed E-state index contributed by atoms with van der Waals surface area (Å²) in [5, 5.41) is 21.2. The Morgan fingerprint density at radius 1 is 0.183 bits per heavy atom. The van der Waals surface area contributed by atoms with Crippen molar-refractivity contribution in [2.24, 2.45) is 0 Å². The van der Waals surface area contributed by atoms with Crippen molar-refractivity contribution in [3.05, 3.63) is 108 Å². The predicted octanol–water partition coefficient (Wildman–Crippen LogP) is 29.7. The minimum absolute atomic E-state index is 0.247. The maximum Gasteiger partial charge on any atom is 0.163 e. The van der Waals surface area contributed by atoms with Crippen LogP contribution in [-0.4, -0.2) is 17.3 Å². The van der Waals surface area contributed by atoms with Gasteiger partial charge in [0, 0.05) is 36.0 Å². The van der Waals surface area contributed by atoms with E-state index in [1.165, 1.54) is 331 Å². The number of carbonyl (C=O) groups is 3. The van der Waals surface area contributed by atoms with E-state index in [2.05, 4.69) is 112 Å². The quantitative estimate of drug-likeness (QED) is 0.0282. The molecule has 0 fully saturated rings. The lowest BCUT2D eigenvalue weighted by atomic mass is 9.95. The number of carbonyl (C=O) groups excluding carboxylic acids is 3. The number of fused-ring (bicyclic) bond motifs is 12. The summed E-state index contributed by atoms with van der Waals surface area (Å²) in [6.07, 6.45) is 60.6. The van der Waals surface area contributed by atoms with E-state index in [1.54, 1.807) is 0 Å². The zero-order valence-corrected chi connectivity index (χ0v) is 58.8. The van der Waals surface area contributed by atoms with Crippen molar-refractivity contribution in [3.8, 4) is 0 Å². The SMILES string of the molecule is CCCCCCCCCCCCCCCCCC(=O)c1ccc2c3c1cccc3c1c2c2c3cccc4c(C(=O)CCCCCCCCCCCCCCCCC)ccc(c43)c2c2c3cccc4c(C(=O)CCCCCCCCCCCCCCCCC)ccc(c43)c12. The van der Waals surface area contributed by atoms with Gasteiger partial charge in [0.25, 0.3) is 0 Å². The lowest BCUT2D eigenvalue weighted by Crippen LogP contribution is -2.00. The largest absolute Gasteiger partial charge is 0.294 e. The molecule has 10 rings (SSSR count). The van der Waals surface area contributed by atoms with E-state index in [-0.39, 0.29) is 17.3 Å². The van der Waals surface area contributed by atoms with E-state index < -0.39 is 0 Å². The molecule has 0 N–H and O–H groups in total. The van der Waals surface area contributed by atoms with Crippen LogP contribution >= 0.6 is 0 Å². The zero-order valence-electron chi connectivity index (χ0n) is 58.8. The second-order valence-corrected chi connectivity index (χ2v) is 29.3. The fourth-order valence-electron chi connectivity index (χ4n) is 16.9. The molecule has 3 heteroatoms. The highest BCUT2D eigenvalue weighted by Crippen LogP contribution is 2.56. The maximum absolute atomic E-state index is 14.6. The highest BCUT2D eigenvalue weighted by atomic mass is 16.1. The molecule has 0 aliphatic carbocycles. The first kappa shape index (κ1) is 70.1. The van der Waals surface area contributed by atoms with Gasteiger partial charge < -0.3 is 0 Å². The van der Waals surface area contributed by atoms with E-state index in [0.29, 0.717) is 19.3 Å². The number of unbranched alkanes of at least 4 members (excludes halogenated alkanes) is 42. The van der Waals surface area contributed by atoms with Crippen molar-refractivity contribution < 1.29 is 14.4 Å². The van der Waals surface area contributed by atoms with Crippen molar-refractivity contribution in [1.82, 2.24) is 0 Å². The first-order valence-electron chi connectivity index (χ1n) is 39.5. The standard InChI is InChI=1S/C90H120O3/c1-4-7-10-13-16-19-22-25-28-31-34-37-40-43-46-58-79(91)67-61-64-76-82-70(67)52-49-55-73(82)85-88(76)86-74-56-50-53-71-69(81(93)60-48-45-42-39-36-33-30-27-24-21-18-15-12-9-6-3)63-66-78(83(71)74)90(86)87-75-57-51-54-72-68(62-65-77(84(72)75)89(85)87)80(92)59-47-44-41-38-35-32-29-26-23-20-17-14-11-8-5-2/h49-57,61-66H,4-48,58-60H2,1-3H3. The summed E-state index contributed by atoms with van der Waals surface area (Å²) in [6, 6.07) is 33.3. The number of hydrogen-bond acceptors (Lipinski definition) is 3. The Hall–Kier alpha value is -5.67. The Bertz CT molecular complexity index is 3390. The number of hydrogen-bond donors (Lipinski definition) is 0. The fourth-order valence-corrected chi connectivity index (χ4v) is 16.9. The Kier molecular flexibility index (Phi) is 28.3. The Morgan fingerprint density at radius 3 is 0.538 bits per heavy atom. The summed E-state index contributed by atoms with van der Waals surface area (Å²) in [4.78, 5) is 43.7. The van der Waals surface area contributed by atoms with Crippen LogP contribution in [0.2, 0.25) is 0 Å². The lowest BCUT2D eigenvalue weighted by Gasteiger charge is -2.08. The minimum Gasteiger partial charge on any atom is -0.294 e. The van der Waals surface area contributed by atoms with Gasteiger partial charge in [0.2, 0.25) is 0 Å². The van der Waals surface area contributed by atoms with E-state index in [4.69, 9.17) is 0 Å². The average Bonchev–Trinajstić information content (AvgIpc) is 1.51. The molecule has 0 aromatic heterocycles. The number of rotatable bonds is 51. The molecule has 498 valence electrons. The van der Waals surface area contributed by atoms with E-state index in [9.17, 15) is 14.4 Å². The van der Waals surface area contributed by atoms with Gasteiger partial charge in [0.15, 0.2) is 17.3 Å². The summed E-state index contributed by atoms with van der Waals surface area (Å²) in [7, 11) is 0. The molecule has 10 aromatic carbocycles. The Morgan fingerprint density at radius 2 is 0.344 bits per heavy atom. The molecule has 0 amide bonds. The van der Waals surface area contributed by atoms with E-state index >= 15 is 0 Å². The third kappa shape index (κ3) is 17.7. The summed E-state index contributed by atoms with van der Waals surface area (Å²) < 4.78 is 0. The van der Waals surface area contributed by atoms with Gasteiger partial charge in [-0.2, -0.15) is 0 Å². The Balaban J connectivity index is 0.886. The van der Waals surface area contributed by atoms with Crippen molar-refractivity contribution in [2.45, 2.75) is 329 Å². The molecule has 0 unspecified atom stereocenters. The summed E-state index contributed by atoms with van der Waals surface area (Å²) in [5.74, 6) is 0.742. The molecule has 0 saturated carbocycles. The van der Waals surface area contributed by atoms with Gasteiger partial charge in [-0.15, -0.1) is 0 Å². The van der Waals surface area contributed by atoms with E-state index in [0.717, 1.165) is 71.4 Å². The van der Waals surface area contributed by atoms with Gasteiger partial charge in [-0.25, -0.2) is 0 Å². The van der Waals surface area contributed by atoms with Crippen LogP contribution in [0.25, 0.3) is 97.0 Å². The summed E-state index contributed by atoms with van der Waals surface area (Å²) in [5.41, 5.74) is 2.52. The molecular formula is C90H120O3. The first-order chi connectivity index (χ1) is 46.0. The molecule has 0 aliphatic heterocycles. The summed E-state index contributed by atoms with van der Waals surface area (Å²) >= 11 is 0. The molecule has 0 heterocycles. The van der Waals surface area contributed by atoms with Gasteiger partial charge >= 0.3 is 0 Å². The number of ketones is 3. The lowest BCUT2D eigenvalue weighted by molar-refractivity contribution is 0.0972. The molecule has 0 saturated heterocycles. The molecule has 0 aliphatic rings. The van der Waals surface area contributed by atoms with Crippen LogP contribution in [0.4, 0.5) is 0 Å². The van der Waals surface area contributed by atoms with Crippen LogP contribution in [0.15, 0.2) is 91.0 Å². The topological polar surface area (TPSA) is 51.2 Å². The highest BCUT2D eigenvalue weighted by Gasteiger charge is 2.29. The molecule has 10 aromatic rings. The highest BCUT2D eigenvalue weighted by molar-refractivity contribution is 6.56. The minimum atomic E-state index is 0.247. The van der Waals surface area contributed by atoms with Gasteiger partial charge in [0.1, 0.15) is 0 Å². The molecule has 0 atom stereocenters. The molecule has 0 radical (unpaired) electrons. The van der Waals surface area contributed by atoms with Crippen LogP contribution in [0.5, 0.6) is 0 Å². The van der Waals surface area contributed by atoms with Crippen LogP contribution in [0.1, 0.15) is 360 Å². The van der Waals surface area contributed by atoms with Gasteiger partial charge in [-0.1, -0.05) is 381 Å². The van der Waals surface area contributed by atoms with Gasteiger partial charge in [-0.05, 0) is 116 Å². The molecular weight excluding hydrogens is 1130 g/mol. The molecule has 93 heavy (non-hydrogen) atoms.